The van der Waals surface area contributed by atoms with Crippen molar-refractivity contribution in [3.8, 4) is 0 Å². The number of nitrogens with one attached hydrogen (secondary N) is 2. The monoisotopic (exact) mass is 500 g/mol. The summed E-state index contributed by atoms with van der Waals surface area (Å²) in [6, 6.07) is 20.9. The van der Waals surface area contributed by atoms with Gasteiger partial charge in [0, 0.05) is 19.3 Å². The Bertz CT molecular complexity index is 1100. The fourth-order valence-electron chi connectivity index (χ4n) is 3.21. The second-order valence-electron chi connectivity index (χ2n) is 6.60. The van der Waals surface area contributed by atoms with E-state index in [2.05, 4.69) is 75.2 Å². The fourth-order valence-corrected chi connectivity index (χ4v) is 3.21. The van der Waals surface area contributed by atoms with Gasteiger partial charge in [-0.1, -0.05) is 48.5 Å². The summed E-state index contributed by atoms with van der Waals surface area (Å²) in [5, 5.41) is 17.7. The molecule has 0 fully saturated rings. The largest absolute Gasteiger partial charge is 0.357 e. The SMILES string of the molecule is CCNC(=NCc1nnc2ccccn12)NCCc1ccc2ccccc2c1.I. The molecule has 150 valence electrons. The summed E-state index contributed by atoms with van der Waals surface area (Å²) in [6.07, 6.45) is 2.89. The van der Waals surface area contributed by atoms with Crippen LogP contribution in [0.2, 0.25) is 0 Å². The van der Waals surface area contributed by atoms with Crippen molar-refractivity contribution in [2.75, 3.05) is 13.1 Å². The van der Waals surface area contributed by atoms with E-state index in [9.17, 15) is 0 Å². The lowest BCUT2D eigenvalue weighted by molar-refractivity contribution is 0.788. The standard InChI is InChI=1S/C22H24N6.HI/c1-2-23-22(25-16-21-27-26-20-9-5-6-14-28(20)21)24-13-12-17-10-11-18-7-3-4-8-19(18)15-17;/h3-11,14-15H,2,12-13,16H2,1H3,(H2,23,24,25);1H. The van der Waals surface area contributed by atoms with Crippen LogP contribution in [0.5, 0.6) is 0 Å². The second-order valence-corrected chi connectivity index (χ2v) is 6.60. The second kappa shape index (κ2) is 10.2. The van der Waals surface area contributed by atoms with E-state index in [1.807, 2.05) is 28.8 Å². The van der Waals surface area contributed by atoms with Crippen LogP contribution < -0.4 is 10.6 Å². The lowest BCUT2D eigenvalue weighted by Crippen LogP contribution is -2.38. The minimum atomic E-state index is 0. The molecule has 4 rings (SSSR count). The van der Waals surface area contributed by atoms with Crippen LogP contribution in [0.25, 0.3) is 16.4 Å². The van der Waals surface area contributed by atoms with Crippen molar-refractivity contribution in [3.05, 3.63) is 78.2 Å². The number of halogens is 1. The van der Waals surface area contributed by atoms with Gasteiger partial charge < -0.3 is 10.6 Å². The number of benzene rings is 2. The molecule has 0 saturated heterocycles. The van der Waals surface area contributed by atoms with Gasteiger partial charge in [-0.2, -0.15) is 0 Å². The maximum atomic E-state index is 4.66. The predicted molar refractivity (Wildman–Crippen MR) is 129 cm³/mol. The highest BCUT2D eigenvalue weighted by atomic mass is 127. The lowest BCUT2D eigenvalue weighted by atomic mass is 10.1. The number of guanidine groups is 1. The zero-order valence-electron chi connectivity index (χ0n) is 16.4. The third-order valence-corrected chi connectivity index (χ3v) is 4.63. The molecule has 0 radical (unpaired) electrons. The molecule has 2 aromatic carbocycles. The van der Waals surface area contributed by atoms with Gasteiger partial charge in [0.15, 0.2) is 17.4 Å². The number of rotatable bonds is 6. The summed E-state index contributed by atoms with van der Waals surface area (Å²) in [7, 11) is 0. The topological polar surface area (TPSA) is 66.6 Å². The molecular formula is C22H25IN6. The van der Waals surface area contributed by atoms with Gasteiger partial charge in [0.2, 0.25) is 0 Å². The predicted octanol–water partition coefficient (Wildman–Crippen LogP) is 3.80. The first-order chi connectivity index (χ1) is 13.8. The molecule has 2 N–H and O–H groups in total. The Morgan fingerprint density at radius 1 is 0.966 bits per heavy atom. The Balaban J connectivity index is 0.00000240. The Morgan fingerprint density at radius 3 is 2.66 bits per heavy atom. The van der Waals surface area contributed by atoms with Crippen LogP contribution in [0.3, 0.4) is 0 Å². The third kappa shape index (κ3) is 5.23. The molecule has 4 aromatic rings. The number of hydrogen-bond acceptors (Lipinski definition) is 3. The number of nitrogens with zero attached hydrogens (tertiary/aromatic N) is 4. The Hall–Kier alpha value is -2.68. The Labute approximate surface area is 187 Å². The number of hydrogen-bond donors (Lipinski definition) is 2. The van der Waals surface area contributed by atoms with Crippen LogP contribution in [-0.2, 0) is 13.0 Å². The van der Waals surface area contributed by atoms with Gasteiger partial charge in [-0.25, -0.2) is 4.99 Å². The number of pyridine rings is 1. The van der Waals surface area contributed by atoms with Crippen LogP contribution >= 0.6 is 24.0 Å². The highest BCUT2D eigenvalue weighted by Gasteiger charge is 2.05. The van der Waals surface area contributed by atoms with Gasteiger partial charge in [0.25, 0.3) is 0 Å². The number of aliphatic imine (C=N–C) groups is 1. The molecular weight excluding hydrogens is 475 g/mol. The van der Waals surface area contributed by atoms with Crippen molar-refractivity contribution < 1.29 is 0 Å². The molecule has 0 bridgehead atoms. The van der Waals surface area contributed by atoms with Gasteiger partial charge in [-0.15, -0.1) is 34.2 Å². The van der Waals surface area contributed by atoms with Crippen molar-refractivity contribution in [3.63, 3.8) is 0 Å². The average molecular weight is 500 g/mol. The number of aromatic nitrogens is 3. The molecule has 7 heteroatoms. The van der Waals surface area contributed by atoms with E-state index < -0.39 is 0 Å². The average Bonchev–Trinajstić information content (AvgIpc) is 3.15. The van der Waals surface area contributed by atoms with E-state index in [4.69, 9.17) is 0 Å². The maximum Gasteiger partial charge on any atom is 0.191 e. The van der Waals surface area contributed by atoms with E-state index >= 15 is 0 Å². The molecule has 0 spiro atoms. The van der Waals surface area contributed by atoms with Gasteiger partial charge in [-0.3, -0.25) is 4.40 Å². The first-order valence-corrected chi connectivity index (χ1v) is 9.62. The molecule has 6 nitrogen and oxygen atoms in total. The van der Waals surface area contributed by atoms with Gasteiger partial charge in [0.05, 0.1) is 0 Å². The normalized spacial score (nSPS) is 11.4. The molecule has 2 aromatic heterocycles. The summed E-state index contributed by atoms with van der Waals surface area (Å²) in [5.74, 6) is 1.61. The quantitative estimate of drug-likeness (QED) is 0.240. The molecule has 29 heavy (non-hydrogen) atoms. The van der Waals surface area contributed by atoms with Crippen LogP contribution in [-0.4, -0.2) is 33.6 Å². The molecule has 0 saturated carbocycles. The van der Waals surface area contributed by atoms with Crippen LogP contribution in [0, 0.1) is 0 Å². The van der Waals surface area contributed by atoms with E-state index in [1.54, 1.807) is 0 Å². The van der Waals surface area contributed by atoms with Crippen molar-refractivity contribution in [2.24, 2.45) is 4.99 Å². The first kappa shape index (κ1) is 21.0. The highest BCUT2D eigenvalue weighted by molar-refractivity contribution is 14.0. The van der Waals surface area contributed by atoms with Crippen molar-refractivity contribution in [1.29, 1.82) is 0 Å². The summed E-state index contributed by atoms with van der Waals surface area (Å²) in [6.45, 7) is 4.15. The Morgan fingerprint density at radius 2 is 1.79 bits per heavy atom. The summed E-state index contributed by atoms with van der Waals surface area (Å²) >= 11 is 0. The van der Waals surface area contributed by atoms with Crippen molar-refractivity contribution >= 4 is 46.4 Å². The minimum Gasteiger partial charge on any atom is -0.357 e. The van der Waals surface area contributed by atoms with Crippen LogP contribution in [0.4, 0.5) is 0 Å². The zero-order valence-corrected chi connectivity index (χ0v) is 18.7. The van der Waals surface area contributed by atoms with Gasteiger partial charge in [0.1, 0.15) is 6.54 Å². The summed E-state index contributed by atoms with van der Waals surface area (Å²) < 4.78 is 1.96. The van der Waals surface area contributed by atoms with Crippen LogP contribution in [0.1, 0.15) is 18.3 Å². The molecule has 0 aliphatic carbocycles. The maximum absolute atomic E-state index is 4.66. The van der Waals surface area contributed by atoms with E-state index in [1.165, 1.54) is 16.3 Å². The summed E-state index contributed by atoms with van der Waals surface area (Å²) in [4.78, 5) is 4.66. The van der Waals surface area contributed by atoms with Crippen molar-refractivity contribution in [1.82, 2.24) is 25.2 Å². The third-order valence-electron chi connectivity index (χ3n) is 4.63. The fraction of sp³-hybridized carbons (Fsp3) is 0.227. The molecule has 0 atom stereocenters. The molecule has 0 aliphatic heterocycles. The molecule has 0 aliphatic rings. The molecule has 0 unspecified atom stereocenters. The van der Waals surface area contributed by atoms with Gasteiger partial charge >= 0.3 is 0 Å². The first-order valence-electron chi connectivity index (χ1n) is 9.62. The van der Waals surface area contributed by atoms with Crippen LogP contribution in [0.15, 0.2) is 71.9 Å². The van der Waals surface area contributed by atoms with E-state index in [0.29, 0.717) is 6.54 Å². The van der Waals surface area contributed by atoms with E-state index in [0.717, 1.165) is 36.9 Å². The zero-order chi connectivity index (χ0) is 19.2. The Kier molecular flexibility index (Phi) is 7.40. The molecule has 0 amide bonds. The molecule has 2 heterocycles. The lowest BCUT2D eigenvalue weighted by Gasteiger charge is -2.11. The summed E-state index contributed by atoms with van der Waals surface area (Å²) in [5.41, 5.74) is 2.15. The van der Waals surface area contributed by atoms with Crippen molar-refractivity contribution in [2.45, 2.75) is 19.9 Å². The smallest absolute Gasteiger partial charge is 0.191 e. The van der Waals surface area contributed by atoms with Gasteiger partial charge in [-0.05, 0) is 41.8 Å². The van der Waals surface area contributed by atoms with E-state index in [-0.39, 0.29) is 24.0 Å². The highest BCUT2D eigenvalue weighted by Crippen LogP contribution is 2.15. The number of fused-ring (bicyclic) bond motifs is 2. The minimum absolute atomic E-state index is 0.